The highest BCUT2D eigenvalue weighted by atomic mass is 16.5. The summed E-state index contributed by atoms with van der Waals surface area (Å²) in [6.07, 6.45) is 0.902. The van der Waals surface area contributed by atoms with Crippen LogP contribution in [0.4, 0.5) is 0 Å². The molecule has 1 aromatic rings. The zero-order valence-corrected chi connectivity index (χ0v) is 11.9. The summed E-state index contributed by atoms with van der Waals surface area (Å²) in [5.74, 6) is -0.0136. The smallest absolute Gasteiger partial charge is 0.242 e. The number of phenolic OH excluding ortho intramolecular Hbond substituents is 1. The van der Waals surface area contributed by atoms with Crippen LogP contribution in [0.15, 0.2) is 24.3 Å². The van der Waals surface area contributed by atoms with Crippen molar-refractivity contribution in [1.82, 2.24) is 10.2 Å². The highest BCUT2D eigenvalue weighted by molar-refractivity contribution is 5.84. The minimum absolute atomic E-state index is 0.0361. The molecule has 1 saturated heterocycles. The third-order valence-electron chi connectivity index (χ3n) is 3.38. The zero-order valence-electron chi connectivity index (χ0n) is 11.9. The number of aryl methyl sites for hydroxylation is 1. The van der Waals surface area contributed by atoms with E-state index in [1.165, 1.54) is 0 Å². The predicted octanol–water partition coefficient (Wildman–Crippen LogP) is 0.300. The van der Waals surface area contributed by atoms with E-state index in [1.54, 1.807) is 29.2 Å². The van der Waals surface area contributed by atoms with Crippen LogP contribution in [0.1, 0.15) is 12.0 Å². The first-order chi connectivity index (χ1) is 10.1. The molecule has 1 aliphatic rings. The van der Waals surface area contributed by atoms with Gasteiger partial charge in [-0.3, -0.25) is 9.59 Å². The number of rotatable bonds is 5. The highest BCUT2D eigenvalue weighted by Crippen LogP contribution is 2.10. The Morgan fingerprint density at radius 1 is 1.19 bits per heavy atom. The first-order valence-corrected chi connectivity index (χ1v) is 7.05. The molecule has 0 aromatic heterocycles. The van der Waals surface area contributed by atoms with Gasteiger partial charge in [0.15, 0.2) is 0 Å². The van der Waals surface area contributed by atoms with Gasteiger partial charge in [-0.25, -0.2) is 0 Å². The molecule has 0 bridgehead atoms. The minimum Gasteiger partial charge on any atom is -0.508 e. The zero-order chi connectivity index (χ0) is 15.1. The van der Waals surface area contributed by atoms with Gasteiger partial charge in [-0.1, -0.05) is 12.1 Å². The van der Waals surface area contributed by atoms with Crippen LogP contribution in [0.5, 0.6) is 5.75 Å². The Labute approximate surface area is 123 Å². The molecule has 2 rings (SSSR count). The fraction of sp³-hybridized carbons (Fsp3) is 0.467. The normalized spacial score (nSPS) is 14.8. The van der Waals surface area contributed by atoms with E-state index in [1.807, 2.05) is 0 Å². The molecule has 0 atom stereocenters. The standard InChI is InChI=1S/C15H20N2O4/c18-13-4-1-12(2-5-13)3-6-14(19)16-11-15(20)17-7-9-21-10-8-17/h1-2,4-5,18H,3,6-11H2,(H,16,19). The molecule has 114 valence electrons. The number of hydrogen-bond donors (Lipinski definition) is 2. The minimum atomic E-state index is -0.148. The Bertz CT molecular complexity index is 481. The second-order valence-electron chi connectivity index (χ2n) is 4.94. The monoisotopic (exact) mass is 292 g/mol. The quantitative estimate of drug-likeness (QED) is 0.818. The number of amides is 2. The Morgan fingerprint density at radius 2 is 1.86 bits per heavy atom. The maximum absolute atomic E-state index is 11.8. The van der Waals surface area contributed by atoms with Gasteiger partial charge in [0.25, 0.3) is 0 Å². The van der Waals surface area contributed by atoms with Crippen LogP contribution in [0.2, 0.25) is 0 Å². The Morgan fingerprint density at radius 3 is 2.52 bits per heavy atom. The van der Waals surface area contributed by atoms with Gasteiger partial charge >= 0.3 is 0 Å². The predicted molar refractivity (Wildman–Crippen MR) is 76.8 cm³/mol. The van der Waals surface area contributed by atoms with Crippen molar-refractivity contribution < 1.29 is 19.4 Å². The van der Waals surface area contributed by atoms with Gasteiger partial charge < -0.3 is 20.1 Å². The third-order valence-corrected chi connectivity index (χ3v) is 3.38. The SMILES string of the molecule is O=C(CCc1ccc(O)cc1)NCC(=O)N1CCOCC1. The van der Waals surface area contributed by atoms with Gasteiger partial charge in [0.1, 0.15) is 5.75 Å². The summed E-state index contributed by atoms with van der Waals surface area (Å²) < 4.78 is 5.17. The van der Waals surface area contributed by atoms with Crippen LogP contribution in [-0.4, -0.2) is 54.7 Å². The second kappa shape index (κ2) is 7.64. The fourth-order valence-corrected chi connectivity index (χ4v) is 2.11. The van der Waals surface area contributed by atoms with E-state index < -0.39 is 0 Å². The third kappa shape index (κ3) is 5.07. The van der Waals surface area contributed by atoms with E-state index >= 15 is 0 Å². The number of carbonyl (C=O) groups is 2. The molecule has 0 aliphatic carbocycles. The van der Waals surface area contributed by atoms with Crippen molar-refractivity contribution in [2.75, 3.05) is 32.8 Å². The molecule has 1 heterocycles. The van der Waals surface area contributed by atoms with Gasteiger partial charge in [0.2, 0.25) is 11.8 Å². The molecule has 2 N–H and O–H groups in total. The summed E-state index contributed by atoms with van der Waals surface area (Å²) in [6.45, 7) is 2.32. The molecule has 6 heteroatoms. The number of benzene rings is 1. The van der Waals surface area contributed by atoms with Crippen molar-refractivity contribution in [3.8, 4) is 5.75 Å². The molecule has 0 saturated carbocycles. The summed E-state index contributed by atoms with van der Waals surface area (Å²) in [5.41, 5.74) is 0.974. The molecular weight excluding hydrogens is 272 g/mol. The molecule has 2 amide bonds. The van der Waals surface area contributed by atoms with Crippen molar-refractivity contribution in [2.45, 2.75) is 12.8 Å². The van der Waals surface area contributed by atoms with Crippen LogP contribution < -0.4 is 5.32 Å². The molecule has 1 aromatic carbocycles. The van der Waals surface area contributed by atoms with Gasteiger partial charge in [-0.2, -0.15) is 0 Å². The Balaban J connectivity index is 1.67. The number of carbonyl (C=O) groups excluding carboxylic acids is 2. The Hall–Kier alpha value is -2.08. The summed E-state index contributed by atoms with van der Waals surface area (Å²) in [5, 5.41) is 11.8. The van der Waals surface area contributed by atoms with Gasteiger partial charge in [-0.05, 0) is 24.1 Å². The van der Waals surface area contributed by atoms with Crippen molar-refractivity contribution in [3.05, 3.63) is 29.8 Å². The molecule has 0 unspecified atom stereocenters. The Kier molecular flexibility index (Phi) is 5.57. The van der Waals surface area contributed by atoms with E-state index in [0.29, 0.717) is 39.1 Å². The molecular formula is C15H20N2O4. The fourth-order valence-electron chi connectivity index (χ4n) is 2.11. The van der Waals surface area contributed by atoms with Crippen LogP contribution in [0.25, 0.3) is 0 Å². The number of hydrogen-bond acceptors (Lipinski definition) is 4. The van der Waals surface area contributed by atoms with Gasteiger partial charge in [-0.15, -0.1) is 0 Å². The van der Waals surface area contributed by atoms with Crippen molar-refractivity contribution >= 4 is 11.8 Å². The van der Waals surface area contributed by atoms with E-state index in [9.17, 15) is 14.7 Å². The number of phenols is 1. The van der Waals surface area contributed by atoms with Crippen molar-refractivity contribution in [1.29, 1.82) is 0 Å². The average Bonchev–Trinajstić information content (AvgIpc) is 2.53. The van der Waals surface area contributed by atoms with Crippen molar-refractivity contribution in [3.63, 3.8) is 0 Å². The molecule has 21 heavy (non-hydrogen) atoms. The van der Waals surface area contributed by atoms with Crippen LogP contribution >= 0.6 is 0 Å². The van der Waals surface area contributed by atoms with Crippen LogP contribution in [0, 0.1) is 0 Å². The molecule has 1 aliphatic heterocycles. The van der Waals surface area contributed by atoms with Gasteiger partial charge in [0.05, 0.1) is 19.8 Å². The number of nitrogens with zero attached hydrogens (tertiary/aromatic N) is 1. The lowest BCUT2D eigenvalue weighted by Crippen LogP contribution is -2.45. The second-order valence-corrected chi connectivity index (χ2v) is 4.94. The molecule has 6 nitrogen and oxygen atoms in total. The summed E-state index contributed by atoms with van der Waals surface area (Å²) in [6, 6.07) is 6.74. The molecule has 1 fully saturated rings. The average molecular weight is 292 g/mol. The lowest BCUT2D eigenvalue weighted by molar-refractivity contribution is -0.136. The maximum Gasteiger partial charge on any atom is 0.242 e. The largest absolute Gasteiger partial charge is 0.508 e. The topological polar surface area (TPSA) is 78.9 Å². The number of morpholine rings is 1. The van der Waals surface area contributed by atoms with E-state index in [2.05, 4.69) is 5.32 Å². The van der Waals surface area contributed by atoms with E-state index in [4.69, 9.17) is 4.74 Å². The molecule has 0 radical (unpaired) electrons. The first-order valence-electron chi connectivity index (χ1n) is 7.05. The molecule has 0 spiro atoms. The maximum atomic E-state index is 11.8. The van der Waals surface area contributed by atoms with E-state index in [-0.39, 0.29) is 24.1 Å². The van der Waals surface area contributed by atoms with Gasteiger partial charge in [0, 0.05) is 19.5 Å². The lowest BCUT2D eigenvalue weighted by atomic mass is 10.1. The number of nitrogens with one attached hydrogen (secondary N) is 1. The number of ether oxygens (including phenoxy) is 1. The highest BCUT2D eigenvalue weighted by Gasteiger charge is 2.16. The first kappa shape index (κ1) is 15.3. The summed E-state index contributed by atoms with van der Waals surface area (Å²) >= 11 is 0. The van der Waals surface area contributed by atoms with Crippen molar-refractivity contribution in [2.24, 2.45) is 0 Å². The summed E-state index contributed by atoms with van der Waals surface area (Å²) in [4.78, 5) is 25.3. The van der Waals surface area contributed by atoms with Crippen LogP contribution in [-0.2, 0) is 20.7 Å². The summed E-state index contributed by atoms with van der Waals surface area (Å²) in [7, 11) is 0. The number of aromatic hydroxyl groups is 1. The van der Waals surface area contributed by atoms with Crippen LogP contribution in [0.3, 0.4) is 0 Å². The van der Waals surface area contributed by atoms with E-state index in [0.717, 1.165) is 5.56 Å². The lowest BCUT2D eigenvalue weighted by Gasteiger charge is -2.26.